The normalized spacial score (nSPS) is 11.9. The second-order valence-electron chi connectivity index (χ2n) is 5.91. The second-order valence-corrected chi connectivity index (χ2v) is 6.84. The molecule has 2 rings (SSSR count). The van der Waals surface area contributed by atoms with Crippen molar-refractivity contribution in [1.82, 2.24) is 10.2 Å². The molecule has 132 valence electrons. The molecule has 0 fully saturated rings. The van der Waals surface area contributed by atoms with Gasteiger partial charge in [-0.25, -0.2) is 0 Å². The third-order valence-corrected chi connectivity index (χ3v) is 4.36. The molecule has 0 aliphatic carbocycles. The standard InChI is InChI=1S/C16H22N4O2S.ClH/c1-9(2)14(17)15-19-20-16(22-15)23-8-13(21)18-12-7-10(3)5-6-11(12)4;/h5-7,9,14H,8,17H2,1-4H3,(H,18,21);1H/t14-;/m0./s1. The molecule has 1 heterocycles. The monoisotopic (exact) mass is 370 g/mol. The molecule has 1 atom stereocenters. The lowest BCUT2D eigenvalue weighted by Crippen LogP contribution is -3.00. The minimum atomic E-state index is -0.0986. The first-order valence-electron chi connectivity index (χ1n) is 7.53. The summed E-state index contributed by atoms with van der Waals surface area (Å²) in [4.78, 5) is 12.1. The SMILES string of the molecule is Cc1ccc(C)c(NC(=O)CSc2nnc([C@@H]([NH3+])C(C)C)o2)c1.[Cl-]. The first-order chi connectivity index (χ1) is 10.9. The fourth-order valence-electron chi connectivity index (χ4n) is 1.90. The van der Waals surface area contributed by atoms with Crippen LogP contribution in [-0.4, -0.2) is 21.9 Å². The molecule has 1 aromatic carbocycles. The van der Waals surface area contributed by atoms with E-state index < -0.39 is 0 Å². The Morgan fingerprint density at radius 1 is 1.33 bits per heavy atom. The highest BCUT2D eigenvalue weighted by Gasteiger charge is 2.21. The van der Waals surface area contributed by atoms with Gasteiger partial charge in [-0.1, -0.05) is 37.7 Å². The number of thioether (sulfide) groups is 1. The summed E-state index contributed by atoms with van der Waals surface area (Å²) in [5, 5.41) is 11.3. The number of carbonyl (C=O) groups is 1. The topological polar surface area (TPSA) is 95.7 Å². The molecule has 6 nitrogen and oxygen atoms in total. The van der Waals surface area contributed by atoms with Crippen LogP contribution < -0.4 is 23.5 Å². The number of benzene rings is 1. The number of nitrogens with one attached hydrogen (secondary N) is 1. The van der Waals surface area contributed by atoms with Gasteiger partial charge in [0.15, 0.2) is 6.04 Å². The number of hydrogen-bond donors (Lipinski definition) is 2. The highest BCUT2D eigenvalue weighted by molar-refractivity contribution is 7.99. The molecule has 0 saturated carbocycles. The highest BCUT2D eigenvalue weighted by Crippen LogP contribution is 2.22. The summed E-state index contributed by atoms with van der Waals surface area (Å²) in [7, 11) is 0. The number of nitrogens with zero attached hydrogens (tertiary/aromatic N) is 2. The Labute approximate surface area is 152 Å². The molecule has 2 aromatic rings. The number of carbonyl (C=O) groups excluding carboxylic acids is 1. The van der Waals surface area contributed by atoms with E-state index in [1.165, 1.54) is 11.8 Å². The van der Waals surface area contributed by atoms with Gasteiger partial charge in [0.1, 0.15) is 0 Å². The molecule has 0 bridgehead atoms. The molecule has 4 N–H and O–H groups in total. The summed E-state index contributed by atoms with van der Waals surface area (Å²) >= 11 is 1.23. The molecule has 8 heteroatoms. The van der Waals surface area contributed by atoms with Crippen molar-refractivity contribution in [2.24, 2.45) is 5.92 Å². The molecular weight excluding hydrogens is 348 g/mol. The van der Waals surface area contributed by atoms with E-state index in [4.69, 9.17) is 4.42 Å². The van der Waals surface area contributed by atoms with Crippen LogP contribution in [0, 0.1) is 19.8 Å². The van der Waals surface area contributed by atoms with Crippen molar-refractivity contribution in [3.8, 4) is 0 Å². The first-order valence-corrected chi connectivity index (χ1v) is 8.51. The summed E-state index contributed by atoms with van der Waals surface area (Å²) in [6.07, 6.45) is 0. The van der Waals surface area contributed by atoms with Crippen LogP contribution in [0.2, 0.25) is 0 Å². The number of hydrogen-bond acceptors (Lipinski definition) is 5. The van der Waals surface area contributed by atoms with Crippen LogP contribution in [-0.2, 0) is 4.79 Å². The first kappa shape index (κ1) is 20.5. The number of anilines is 1. The minimum Gasteiger partial charge on any atom is -1.00 e. The second kappa shape index (κ2) is 9.05. The Bertz CT molecular complexity index is 690. The number of amides is 1. The van der Waals surface area contributed by atoms with E-state index >= 15 is 0 Å². The third-order valence-electron chi connectivity index (χ3n) is 3.54. The van der Waals surface area contributed by atoms with E-state index in [1.54, 1.807) is 0 Å². The molecule has 0 aliphatic heterocycles. The van der Waals surface area contributed by atoms with Crippen LogP contribution in [0.3, 0.4) is 0 Å². The quantitative estimate of drug-likeness (QED) is 0.659. The lowest BCUT2D eigenvalue weighted by atomic mass is 10.1. The molecule has 1 amide bonds. The zero-order chi connectivity index (χ0) is 17.0. The van der Waals surface area contributed by atoms with E-state index in [0.717, 1.165) is 16.8 Å². The van der Waals surface area contributed by atoms with Crippen LogP contribution in [0.25, 0.3) is 0 Å². The van der Waals surface area contributed by atoms with E-state index in [1.807, 2.05) is 45.9 Å². The predicted octanol–water partition coefficient (Wildman–Crippen LogP) is -0.640. The van der Waals surface area contributed by atoms with Crippen molar-refractivity contribution in [1.29, 1.82) is 0 Å². The van der Waals surface area contributed by atoms with Crippen LogP contribution in [0.5, 0.6) is 0 Å². The molecule has 0 saturated heterocycles. The lowest BCUT2D eigenvalue weighted by molar-refractivity contribution is -0.443. The predicted molar refractivity (Wildman–Crippen MR) is 90.0 cm³/mol. The zero-order valence-corrected chi connectivity index (χ0v) is 15.9. The maximum atomic E-state index is 12.1. The average molecular weight is 371 g/mol. The summed E-state index contributed by atoms with van der Waals surface area (Å²) in [5.74, 6) is 0.954. The Morgan fingerprint density at radius 2 is 2.04 bits per heavy atom. The van der Waals surface area contributed by atoms with Gasteiger partial charge in [0.05, 0.1) is 5.75 Å². The maximum Gasteiger partial charge on any atom is 0.277 e. The molecule has 0 aliphatic rings. The Hall–Kier alpha value is -1.57. The fraction of sp³-hybridized carbons (Fsp3) is 0.438. The molecule has 0 spiro atoms. The molecule has 0 unspecified atom stereocenters. The highest BCUT2D eigenvalue weighted by atomic mass is 35.5. The van der Waals surface area contributed by atoms with Gasteiger partial charge in [0, 0.05) is 11.6 Å². The number of aryl methyl sites for hydroxylation is 2. The van der Waals surface area contributed by atoms with Gasteiger partial charge in [0.2, 0.25) is 5.91 Å². The maximum absolute atomic E-state index is 12.1. The van der Waals surface area contributed by atoms with Crippen LogP contribution in [0.1, 0.15) is 36.9 Å². The van der Waals surface area contributed by atoms with Crippen molar-refractivity contribution < 1.29 is 27.4 Å². The zero-order valence-electron chi connectivity index (χ0n) is 14.3. The number of quaternary nitrogens is 1. The fourth-order valence-corrected chi connectivity index (χ4v) is 2.47. The van der Waals surface area contributed by atoms with Crippen LogP contribution >= 0.6 is 11.8 Å². The van der Waals surface area contributed by atoms with Gasteiger partial charge >= 0.3 is 0 Å². The molecule has 24 heavy (non-hydrogen) atoms. The van der Waals surface area contributed by atoms with Gasteiger partial charge in [-0.05, 0) is 31.0 Å². The largest absolute Gasteiger partial charge is 1.00 e. The van der Waals surface area contributed by atoms with Crippen molar-refractivity contribution >= 4 is 23.4 Å². The summed E-state index contributed by atoms with van der Waals surface area (Å²) in [5.41, 5.74) is 6.98. The van der Waals surface area contributed by atoms with Crippen molar-refractivity contribution in [2.75, 3.05) is 11.1 Å². The Balaban J connectivity index is 0.00000288. The number of rotatable bonds is 6. The Kier molecular flexibility index (Phi) is 7.72. The number of aromatic nitrogens is 2. The summed E-state index contributed by atoms with van der Waals surface area (Å²) in [6.45, 7) is 8.05. The Morgan fingerprint density at radius 3 is 2.71 bits per heavy atom. The van der Waals surface area contributed by atoms with E-state index in [0.29, 0.717) is 17.0 Å². The summed E-state index contributed by atoms with van der Waals surface area (Å²) in [6, 6.07) is 5.92. The summed E-state index contributed by atoms with van der Waals surface area (Å²) < 4.78 is 5.55. The van der Waals surface area contributed by atoms with E-state index in [-0.39, 0.29) is 30.1 Å². The van der Waals surface area contributed by atoms with E-state index in [9.17, 15) is 4.79 Å². The van der Waals surface area contributed by atoms with Gasteiger partial charge in [0.25, 0.3) is 11.1 Å². The molecular formula is C16H23ClN4O2S. The van der Waals surface area contributed by atoms with Gasteiger partial charge < -0.3 is 27.9 Å². The lowest BCUT2D eigenvalue weighted by Gasteiger charge is -2.08. The van der Waals surface area contributed by atoms with Crippen molar-refractivity contribution in [3.05, 3.63) is 35.2 Å². The van der Waals surface area contributed by atoms with Gasteiger partial charge in [-0.15, -0.1) is 10.2 Å². The smallest absolute Gasteiger partial charge is 0.277 e. The van der Waals surface area contributed by atoms with E-state index in [2.05, 4.69) is 21.2 Å². The third kappa shape index (κ3) is 5.51. The van der Waals surface area contributed by atoms with Crippen molar-refractivity contribution in [3.63, 3.8) is 0 Å². The number of halogens is 1. The van der Waals surface area contributed by atoms with Crippen LogP contribution in [0.4, 0.5) is 5.69 Å². The van der Waals surface area contributed by atoms with Crippen LogP contribution in [0.15, 0.2) is 27.8 Å². The van der Waals surface area contributed by atoms with Gasteiger partial charge in [-0.2, -0.15) is 0 Å². The molecule has 0 radical (unpaired) electrons. The molecule has 1 aromatic heterocycles. The van der Waals surface area contributed by atoms with Gasteiger partial charge in [-0.3, -0.25) is 4.79 Å². The average Bonchev–Trinajstić information content (AvgIpc) is 2.97. The van der Waals surface area contributed by atoms with Crippen molar-refractivity contribution in [2.45, 2.75) is 39.0 Å². The minimum absolute atomic E-state index is 0.